The highest BCUT2D eigenvalue weighted by Gasteiger charge is 2.18. The van der Waals surface area contributed by atoms with E-state index < -0.39 is 0 Å². The molecule has 3 rings (SSSR count). The molecule has 3 aromatic rings. The Labute approximate surface area is 176 Å². The topological polar surface area (TPSA) is 72.9 Å². The van der Waals surface area contributed by atoms with Crippen molar-refractivity contribution in [1.29, 1.82) is 0 Å². The number of benzene rings is 2. The summed E-state index contributed by atoms with van der Waals surface area (Å²) < 4.78 is 15.4. The molecule has 3 N–H and O–H groups in total. The molecule has 0 radical (unpaired) electrons. The van der Waals surface area contributed by atoms with Crippen LogP contribution in [0.4, 0.5) is 10.1 Å². The zero-order valence-electron chi connectivity index (χ0n) is 16.2. The first-order valence-corrected chi connectivity index (χ1v) is 8.57. The number of rotatable bonds is 4. The van der Waals surface area contributed by atoms with Crippen LogP contribution < -0.4 is 11.1 Å². The summed E-state index contributed by atoms with van der Waals surface area (Å²) >= 11 is 0. The van der Waals surface area contributed by atoms with Gasteiger partial charge in [0.15, 0.2) is 0 Å². The van der Waals surface area contributed by atoms with E-state index >= 15 is 0 Å². The van der Waals surface area contributed by atoms with Crippen LogP contribution in [0.2, 0.25) is 0 Å². The molecule has 28 heavy (non-hydrogen) atoms. The average Bonchev–Trinajstić information content (AvgIpc) is 2.92. The number of hydrogen-bond donors (Lipinski definition) is 2. The summed E-state index contributed by atoms with van der Waals surface area (Å²) in [4.78, 5) is 16.9. The van der Waals surface area contributed by atoms with Crippen LogP contribution in [0.5, 0.6) is 0 Å². The van der Waals surface area contributed by atoms with Crippen molar-refractivity contribution in [3.8, 4) is 11.4 Å². The number of carbonyl (C=O) groups excluding carboxylic acids is 1. The number of aromatic nitrogens is 2. The van der Waals surface area contributed by atoms with Gasteiger partial charge >= 0.3 is 0 Å². The third-order valence-electron chi connectivity index (χ3n) is 4.80. The summed E-state index contributed by atoms with van der Waals surface area (Å²) in [6, 6.07) is 10.1. The summed E-state index contributed by atoms with van der Waals surface area (Å²) in [5.74, 6) is -0.0191. The molecule has 0 saturated heterocycles. The number of nitrogens with zero attached hydrogens (tertiary/aromatic N) is 2. The lowest BCUT2D eigenvalue weighted by molar-refractivity contribution is -0.119. The predicted octanol–water partition coefficient (Wildman–Crippen LogP) is 4.45. The average molecular weight is 427 g/mol. The maximum Gasteiger partial charge on any atom is 0.228 e. The van der Waals surface area contributed by atoms with Gasteiger partial charge in [-0.15, -0.1) is 24.8 Å². The molecule has 5 nitrogen and oxygen atoms in total. The van der Waals surface area contributed by atoms with Crippen LogP contribution in [0, 0.1) is 18.7 Å². The van der Waals surface area contributed by atoms with Gasteiger partial charge in [0.05, 0.1) is 17.0 Å². The Morgan fingerprint density at radius 3 is 2.50 bits per heavy atom. The van der Waals surface area contributed by atoms with Gasteiger partial charge in [0, 0.05) is 30.4 Å². The Morgan fingerprint density at radius 2 is 1.86 bits per heavy atom. The maximum atomic E-state index is 13.5. The first-order valence-electron chi connectivity index (χ1n) is 8.57. The highest BCUT2D eigenvalue weighted by molar-refractivity contribution is 5.94. The minimum atomic E-state index is -0.316. The summed E-state index contributed by atoms with van der Waals surface area (Å²) in [5.41, 5.74) is 9.78. The van der Waals surface area contributed by atoms with E-state index in [1.54, 1.807) is 13.0 Å². The lowest BCUT2D eigenvalue weighted by Gasteiger charge is -2.17. The molecule has 0 saturated carbocycles. The van der Waals surface area contributed by atoms with Gasteiger partial charge in [-0.3, -0.25) is 4.79 Å². The second-order valence-electron chi connectivity index (χ2n) is 6.79. The van der Waals surface area contributed by atoms with Gasteiger partial charge in [-0.05, 0) is 37.6 Å². The highest BCUT2D eigenvalue weighted by Crippen LogP contribution is 2.28. The number of carbonyl (C=O) groups is 1. The molecule has 1 amide bonds. The SMILES string of the molecule is Cc1ccc(-c2nc3cc(F)ccc3n2C)cc1NC(=O)C(C)C(C)N.Cl.Cl. The van der Waals surface area contributed by atoms with Crippen molar-refractivity contribution in [2.24, 2.45) is 18.7 Å². The fraction of sp³-hybridized carbons (Fsp3) is 0.300. The van der Waals surface area contributed by atoms with Crippen molar-refractivity contribution >= 4 is 47.4 Å². The van der Waals surface area contributed by atoms with Crippen LogP contribution in [0.3, 0.4) is 0 Å². The number of amides is 1. The van der Waals surface area contributed by atoms with E-state index in [-0.39, 0.29) is 48.5 Å². The Hall–Kier alpha value is -2.15. The van der Waals surface area contributed by atoms with Gasteiger partial charge in [-0.25, -0.2) is 9.37 Å². The number of nitrogens with one attached hydrogen (secondary N) is 1. The molecule has 8 heteroatoms. The van der Waals surface area contributed by atoms with Crippen LogP contribution in [-0.2, 0) is 11.8 Å². The largest absolute Gasteiger partial charge is 0.327 e. The van der Waals surface area contributed by atoms with Gasteiger partial charge < -0.3 is 15.6 Å². The molecule has 0 aliphatic carbocycles. The standard InChI is InChI=1S/C20H23FN4O.2ClH/c1-11-5-6-14(9-16(11)24-20(26)12(2)13(3)22)19-23-17-10-15(21)7-8-18(17)25(19)4;;/h5-10,12-13H,22H2,1-4H3,(H,24,26);2*1H. The summed E-state index contributed by atoms with van der Waals surface area (Å²) in [6.07, 6.45) is 0. The predicted molar refractivity (Wildman–Crippen MR) is 117 cm³/mol. The van der Waals surface area contributed by atoms with E-state index in [9.17, 15) is 9.18 Å². The molecule has 0 aliphatic rings. The van der Waals surface area contributed by atoms with Crippen molar-refractivity contribution in [3.05, 3.63) is 47.8 Å². The molecule has 1 aromatic heterocycles. The molecule has 0 aliphatic heterocycles. The van der Waals surface area contributed by atoms with Crippen LogP contribution >= 0.6 is 24.8 Å². The van der Waals surface area contributed by atoms with Gasteiger partial charge in [0.2, 0.25) is 5.91 Å². The van der Waals surface area contributed by atoms with Gasteiger partial charge in [0.25, 0.3) is 0 Å². The molecule has 0 spiro atoms. The Bertz CT molecular complexity index is 988. The number of imidazole rings is 1. The Morgan fingerprint density at radius 1 is 1.18 bits per heavy atom. The summed E-state index contributed by atoms with van der Waals surface area (Å²) in [7, 11) is 1.89. The molecular weight excluding hydrogens is 402 g/mol. The smallest absolute Gasteiger partial charge is 0.228 e. The maximum absolute atomic E-state index is 13.5. The van der Waals surface area contributed by atoms with Crippen LogP contribution in [0.25, 0.3) is 22.4 Å². The number of aryl methyl sites for hydroxylation is 2. The fourth-order valence-electron chi connectivity index (χ4n) is 2.81. The normalized spacial score (nSPS) is 12.6. The monoisotopic (exact) mass is 426 g/mol. The molecule has 0 fully saturated rings. The van der Waals surface area contributed by atoms with Crippen molar-refractivity contribution < 1.29 is 9.18 Å². The van der Waals surface area contributed by atoms with Crippen LogP contribution in [0.1, 0.15) is 19.4 Å². The zero-order chi connectivity index (χ0) is 19.0. The number of anilines is 1. The lowest BCUT2D eigenvalue weighted by Crippen LogP contribution is -2.34. The molecule has 2 unspecified atom stereocenters. The van der Waals surface area contributed by atoms with Gasteiger partial charge in [0.1, 0.15) is 11.6 Å². The first-order chi connectivity index (χ1) is 12.3. The molecular formula is C20H25Cl2FN4O. The second kappa shape index (κ2) is 9.37. The molecule has 2 aromatic carbocycles. The van der Waals surface area contributed by atoms with E-state index in [0.29, 0.717) is 11.3 Å². The van der Waals surface area contributed by atoms with Crippen molar-refractivity contribution in [2.45, 2.75) is 26.8 Å². The molecule has 152 valence electrons. The Kier molecular flexibility index (Phi) is 7.99. The van der Waals surface area contributed by atoms with Crippen LogP contribution in [-0.4, -0.2) is 21.5 Å². The summed E-state index contributed by atoms with van der Waals surface area (Å²) in [5, 5.41) is 2.95. The fourth-order valence-corrected chi connectivity index (χ4v) is 2.81. The first kappa shape index (κ1) is 23.9. The molecule has 0 bridgehead atoms. The number of nitrogens with two attached hydrogens (primary N) is 1. The highest BCUT2D eigenvalue weighted by atomic mass is 35.5. The van der Waals surface area contributed by atoms with E-state index in [0.717, 1.165) is 22.3 Å². The van der Waals surface area contributed by atoms with Crippen molar-refractivity contribution in [1.82, 2.24) is 9.55 Å². The van der Waals surface area contributed by atoms with Crippen molar-refractivity contribution in [3.63, 3.8) is 0 Å². The second-order valence-corrected chi connectivity index (χ2v) is 6.79. The number of halogens is 3. The number of fused-ring (bicyclic) bond motifs is 1. The quantitative estimate of drug-likeness (QED) is 0.646. The Balaban J connectivity index is 0.00000196. The van der Waals surface area contributed by atoms with E-state index in [2.05, 4.69) is 10.3 Å². The van der Waals surface area contributed by atoms with Crippen molar-refractivity contribution in [2.75, 3.05) is 5.32 Å². The molecule has 2 atom stereocenters. The van der Waals surface area contributed by atoms with E-state index in [1.165, 1.54) is 12.1 Å². The minimum absolute atomic E-state index is 0. The van der Waals surface area contributed by atoms with Gasteiger partial charge in [-0.1, -0.05) is 19.1 Å². The number of hydrogen-bond acceptors (Lipinski definition) is 3. The summed E-state index contributed by atoms with van der Waals surface area (Å²) in [6.45, 7) is 5.55. The van der Waals surface area contributed by atoms with Gasteiger partial charge in [-0.2, -0.15) is 0 Å². The third kappa shape index (κ3) is 4.63. The van der Waals surface area contributed by atoms with Crippen LogP contribution in [0.15, 0.2) is 36.4 Å². The minimum Gasteiger partial charge on any atom is -0.327 e. The third-order valence-corrected chi connectivity index (χ3v) is 4.80. The zero-order valence-corrected chi connectivity index (χ0v) is 17.8. The van der Waals surface area contributed by atoms with E-state index in [1.807, 2.05) is 43.7 Å². The lowest BCUT2D eigenvalue weighted by atomic mass is 10.0. The van der Waals surface area contributed by atoms with E-state index in [4.69, 9.17) is 5.73 Å². The molecule has 1 heterocycles.